The minimum absolute atomic E-state index is 0.0205. The zero-order chi connectivity index (χ0) is 24.5. The first kappa shape index (κ1) is 22.1. The van der Waals surface area contributed by atoms with Gasteiger partial charge in [0.05, 0.1) is 25.1 Å². The van der Waals surface area contributed by atoms with Crippen molar-refractivity contribution in [3.8, 4) is 22.8 Å². The molecule has 0 atom stereocenters. The Morgan fingerprint density at radius 2 is 1.60 bits per heavy atom. The first-order chi connectivity index (χ1) is 17.0. The fourth-order valence-electron chi connectivity index (χ4n) is 3.86. The molecule has 5 rings (SSSR count). The molecule has 0 unspecified atom stereocenters. The summed E-state index contributed by atoms with van der Waals surface area (Å²) in [6, 6.07) is 14.4. The van der Waals surface area contributed by atoms with Gasteiger partial charge < -0.3 is 14.0 Å². The number of methoxy groups -OCH3 is 1. The second kappa shape index (κ2) is 8.90. The van der Waals surface area contributed by atoms with Gasteiger partial charge in [0.2, 0.25) is 0 Å². The summed E-state index contributed by atoms with van der Waals surface area (Å²) in [5, 5.41) is 4.40. The topological polar surface area (TPSA) is 106 Å². The summed E-state index contributed by atoms with van der Waals surface area (Å²) >= 11 is 0. The first-order valence-electron chi connectivity index (χ1n) is 10.9. The number of carbonyl (C=O) groups excluding carboxylic acids is 1. The maximum Gasteiger partial charge on any atom is 0.361 e. The van der Waals surface area contributed by atoms with Crippen LogP contribution in [-0.4, -0.2) is 48.6 Å². The van der Waals surface area contributed by atoms with Crippen LogP contribution in [0.25, 0.3) is 28.1 Å². The van der Waals surface area contributed by atoms with Crippen LogP contribution in [-0.2, 0) is 4.74 Å². The van der Waals surface area contributed by atoms with Crippen molar-refractivity contribution >= 4 is 17.0 Å². The summed E-state index contributed by atoms with van der Waals surface area (Å²) in [4.78, 5) is 34.9. The van der Waals surface area contributed by atoms with Crippen LogP contribution in [0.3, 0.4) is 0 Å². The summed E-state index contributed by atoms with van der Waals surface area (Å²) in [5.74, 6) is 0.863. The molecule has 5 aromatic rings. The van der Waals surface area contributed by atoms with Gasteiger partial charge in [0.25, 0.3) is 5.56 Å². The molecule has 10 nitrogen and oxygen atoms in total. The smallest absolute Gasteiger partial charge is 0.361 e. The van der Waals surface area contributed by atoms with Gasteiger partial charge in [-0.15, -0.1) is 0 Å². The van der Waals surface area contributed by atoms with Crippen LogP contribution < -0.4 is 10.3 Å². The third kappa shape index (κ3) is 3.84. The first-order valence-corrected chi connectivity index (χ1v) is 10.9. The van der Waals surface area contributed by atoms with Crippen LogP contribution in [0.4, 0.5) is 0 Å². The van der Waals surface area contributed by atoms with Crippen molar-refractivity contribution in [2.24, 2.45) is 0 Å². The fourth-order valence-corrected chi connectivity index (χ4v) is 3.86. The highest BCUT2D eigenvalue weighted by Gasteiger charge is 2.24. The van der Waals surface area contributed by atoms with Gasteiger partial charge in [0.1, 0.15) is 23.4 Å². The molecular formula is C25H22N6O4. The lowest BCUT2D eigenvalue weighted by atomic mass is 10.2. The van der Waals surface area contributed by atoms with E-state index in [1.165, 1.54) is 15.6 Å². The molecule has 0 spiro atoms. The molecule has 0 aliphatic heterocycles. The van der Waals surface area contributed by atoms with E-state index in [2.05, 4.69) is 15.1 Å². The molecule has 176 valence electrons. The third-order valence-electron chi connectivity index (χ3n) is 5.60. The highest BCUT2D eigenvalue weighted by molar-refractivity contribution is 6.00. The monoisotopic (exact) mass is 470 g/mol. The minimum atomic E-state index is -0.644. The van der Waals surface area contributed by atoms with E-state index >= 15 is 0 Å². The van der Waals surface area contributed by atoms with Gasteiger partial charge in [-0.2, -0.15) is 5.10 Å². The average molecular weight is 470 g/mol. The molecule has 3 heterocycles. The fraction of sp³-hybridized carbons (Fsp3) is 0.160. The van der Waals surface area contributed by atoms with Gasteiger partial charge in [-0.1, -0.05) is 0 Å². The van der Waals surface area contributed by atoms with E-state index in [0.717, 1.165) is 11.5 Å². The summed E-state index contributed by atoms with van der Waals surface area (Å²) in [7, 11) is 1.57. The highest BCUT2D eigenvalue weighted by atomic mass is 16.5. The van der Waals surface area contributed by atoms with Gasteiger partial charge in [0.15, 0.2) is 11.2 Å². The van der Waals surface area contributed by atoms with E-state index in [1.54, 1.807) is 44.5 Å². The molecule has 0 bridgehead atoms. The van der Waals surface area contributed by atoms with Crippen molar-refractivity contribution < 1.29 is 14.3 Å². The molecular weight excluding hydrogens is 448 g/mol. The Bertz CT molecular complexity index is 1580. The molecule has 0 N–H and O–H groups in total. The number of rotatable bonds is 6. The summed E-state index contributed by atoms with van der Waals surface area (Å²) in [6.07, 6.45) is 4.99. The molecule has 35 heavy (non-hydrogen) atoms. The number of ether oxygens (including phenoxy) is 2. The number of benzene rings is 2. The molecule has 10 heteroatoms. The maximum absolute atomic E-state index is 13.7. The zero-order valence-corrected chi connectivity index (χ0v) is 19.4. The number of carbonyl (C=O) groups is 1. The van der Waals surface area contributed by atoms with Crippen LogP contribution >= 0.6 is 0 Å². The number of hydrogen-bond acceptors (Lipinski definition) is 7. The second-order valence-corrected chi connectivity index (χ2v) is 7.66. The minimum Gasteiger partial charge on any atom is -0.497 e. The number of fused-ring (bicyclic) bond motifs is 1. The molecule has 0 saturated heterocycles. The van der Waals surface area contributed by atoms with Crippen LogP contribution in [0.5, 0.6) is 5.75 Å². The lowest BCUT2D eigenvalue weighted by molar-refractivity contribution is 0.0521. The standard InChI is InChI=1S/C25H22N6O4/c1-4-35-25(33)22-21-23(31(28-22)19-9-11-20(34-3)12-10-19)24(32)30(15-27-21)18-7-5-17(6-8-18)29-14-13-26-16(29)2/h5-15H,4H2,1-3H3. The van der Waals surface area contributed by atoms with Crippen molar-refractivity contribution in [1.82, 2.24) is 28.9 Å². The van der Waals surface area contributed by atoms with Crippen LogP contribution in [0.15, 0.2) is 72.0 Å². The SMILES string of the molecule is CCOC(=O)c1nn(-c2ccc(OC)cc2)c2c(=O)n(-c3ccc(-n4ccnc4C)cc3)cnc12. The lowest BCUT2D eigenvalue weighted by Gasteiger charge is -2.09. The molecule has 0 saturated carbocycles. The van der Waals surface area contributed by atoms with Crippen molar-refractivity contribution in [2.75, 3.05) is 13.7 Å². The Hall–Kier alpha value is -4.73. The summed E-state index contributed by atoms with van der Waals surface area (Å²) in [5.41, 5.74) is 2.05. The van der Waals surface area contributed by atoms with Crippen LogP contribution in [0.2, 0.25) is 0 Å². The number of hydrogen-bond donors (Lipinski definition) is 0. The van der Waals surface area contributed by atoms with Crippen molar-refractivity contribution in [2.45, 2.75) is 13.8 Å². The third-order valence-corrected chi connectivity index (χ3v) is 5.60. The molecule has 0 amide bonds. The predicted molar refractivity (Wildman–Crippen MR) is 129 cm³/mol. The quantitative estimate of drug-likeness (QED) is 0.351. The molecule has 2 aromatic carbocycles. The molecule has 0 fully saturated rings. The second-order valence-electron chi connectivity index (χ2n) is 7.66. The van der Waals surface area contributed by atoms with Crippen LogP contribution in [0.1, 0.15) is 23.2 Å². The van der Waals surface area contributed by atoms with E-state index in [9.17, 15) is 9.59 Å². The molecule has 0 aliphatic carbocycles. The maximum atomic E-state index is 13.7. The average Bonchev–Trinajstić information content (AvgIpc) is 3.49. The van der Waals surface area contributed by atoms with Crippen molar-refractivity contribution in [3.63, 3.8) is 0 Å². The number of nitrogens with zero attached hydrogens (tertiary/aromatic N) is 6. The predicted octanol–water partition coefficient (Wildman–Crippen LogP) is 3.25. The van der Waals surface area contributed by atoms with Crippen molar-refractivity contribution in [1.29, 1.82) is 0 Å². The zero-order valence-electron chi connectivity index (χ0n) is 19.4. The highest BCUT2D eigenvalue weighted by Crippen LogP contribution is 2.22. The normalized spacial score (nSPS) is 11.1. The Morgan fingerprint density at radius 1 is 0.943 bits per heavy atom. The van der Waals surface area contributed by atoms with E-state index in [-0.39, 0.29) is 28.9 Å². The van der Waals surface area contributed by atoms with Gasteiger partial charge in [-0.05, 0) is 62.4 Å². The Labute approximate surface area is 200 Å². The van der Waals surface area contributed by atoms with Crippen LogP contribution in [0, 0.1) is 6.92 Å². The Kier molecular flexibility index (Phi) is 5.61. The number of esters is 1. The number of aromatic nitrogens is 6. The Morgan fingerprint density at radius 3 is 2.20 bits per heavy atom. The van der Waals surface area contributed by atoms with Crippen molar-refractivity contribution in [3.05, 3.63) is 89.1 Å². The van der Waals surface area contributed by atoms with Gasteiger partial charge in [0, 0.05) is 18.1 Å². The van der Waals surface area contributed by atoms with E-state index < -0.39 is 5.97 Å². The van der Waals surface area contributed by atoms with E-state index in [4.69, 9.17) is 9.47 Å². The van der Waals surface area contributed by atoms with E-state index in [0.29, 0.717) is 17.1 Å². The lowest BCUT2D eigenvalue weighted by Crippen LogP contribution is -2.21. The molecule has 3 aromatic heterocycles. The Balaban J connectivity index is 1.67. The van der Waals surface area contributed by atoms with E-state index in [1.807, 2.05) is 42.0 Å². The summed E-state index contributed by atoms with van der Waals surface area (Å²) < 4.78 is 15.1. The van der Waals surface area contributed by atoms with Gasteiger partial charge in [-0.3, -0.25) is 9.36 Å². The summed E-state index contributed by atoms with van der Waals surface area (Å²) in [6.45, 7) is 3.79. The molecule has 0 aliphatic rings. The molecule has 0 radical (unpaired) electrons. The number of imidazole rings is 1. The largest absolute Gasteiger partial charge is 0.497 e. The van der Waals surface area contributed by atoms with Gasteiger partial charge in [-0.25, -0.2) is 19.4 Å². The number of aryl methyl sites for hydroxylation is 1. The van der Waals surface area contributed by atoms with Gasteiger partial charge >= 0.3 is 5.97 Å².